The van der Waals surface area contributed by atoms with Crippen LogP contribution in [-0.4, -0.2) is 9.28 Å². The Kier molecular flexibility index (Phi) is 4.33. The van der Waals surface area contributed by atoms with Crippen LogP contribution < -0.4 is 14.0 Å². The summed E-state index contributed by atoms with van der Waals surface area (Å²) in [4.78, 5) is 0. The van der Waals surface area contributed by atoms with Gasteiger partial charge in [0.1, 0.15) is 11.5 Å². The van der Waals surface area contributed by atoms with Crippen molar-refractivity contribution in [2.75, 3.05) is 0 Å². The number of rotatable bonds is 1. The third-order valence-corrected chi connectivity index (χ3v) is 6.72. The molecular formula is C23H24O2Si. The lowest BCUT2D eigenvalue weighted by Gasteiger charge is -2.28. The smallest absolute Gasteiger partial charge is 0.479 e. The van der Waals surface area contributed by atoms with E-state index in [4.69, 9.17) is 8.85 Å². The highest BCUT2D eigenvalue weighted by molar-refractivity contribution is 6.62. The van der Waals surface area contributed by atoms with Crippen molar-refractivity contribution in [3.05, 3.63) is 88.0 Å². The normalized spacial score (nSPS) is 13.7. The van der Waals surface area contributed by atoms with Crippen molar-refractivity contribution < 1.29 is 8.85 Å². The van der Waals surface area contributed by atoms with Crippen molar-refractivity contribution in [3.63, 3.8) is 0 Å². The number of hydrogen-bond acceptors (Lipinski definition) is 2. The fourth-order valence-electron chi connectivity index (χ4n) is 3.87. The zero-order valence-electron chi connectivity index (χ0n) is 15.8. The number of aryl methyl sites for hydroxylation is 4. The maximum atomic E-state index is 6.57. The number of hydrogen-bond donors (Lipinski definition) is 0. The molecule has 0 atom stereocenters. The molecule has 3 heteroatoms. The summed E-state index contributed by atoms with van der Waals surface area (Å²) in [6.07, 6.45) is 0.839. The predicted octanol–water partition coefficient (Wildman–Crippen LogP) is 4.41. The first-order chi connectivity index (χ1) is 12.5. The van der Waals surface area contributed by atoms with Crippen LogP contribution in [0.4, 0.5) is 0 Å². The minimum Gasteiger partial charge on any atom is -0.510 e. The van der Waals surface area contributed by atoms with Crippen LogP contribution in [0.15, 0.2) is 54.6 Å². The van der Waals surface area contributed by atoms with E-state index in [2.05, 4.69) is 76.2 Å². The zero-order chi connectivity index (χ0) is 18.3. The van der Waals surface area contributed by atoms with Crippen molar-refractivity contribution >= 4 is 14.5 Å². The van der Waals surface area contributed by atoms with Crippen molar-refractivity contribution in [2.45, 2.75) is 34.1 Å². The predicted molar refractivity (Wildman–Crippen MR) is 109 cm³/mol. The second-order valence-electron chi connectivity index (χ2n) is 7.30. The Morgan fingerprint density at radius 2 is 1.19 bits per heavy atom. The highest BCUT2D eigenvalue weighted by Crippen LogP contribution is 2.35. The van der Waals surface area contributed by atoms with E-state index in [1.807, 2.05) is 6.07 Å². The van der Waals surface area contributed by atoms with Gasteiger partial charge in [-0.2, -0.15) is 0 Å². The third-order valence-electron chi connectivity index (χ3n) is 4.89. The molecule has 0 amide bonds. The van der Waals surface area contributed by atoms with Gasteiger partial charge in [-0.25, -0.2) is 0 Å². The molecule has 0 saturated heterocycles. The van der Waals surface area contributed by atoms with E-state index in [9.17, 15) is 0 Å². The van der Waals surface area contributed by atoms with Gasteiger partial charge in [-0.3, -0.25) is 0 Å². The molecule has 0 radical (unpaired) electrons. The van der Waals surface area contributed by atoms with Gasteiger partial charge in [0, 0.05) is 11.6 Å². The number of benzene rings is 3. The Bertz CT molecular complexity index is 904. The van der Waals surface area contributed by atoms with E-state index < -0.39 is 9.28 Å². The van der Waals surface area contributed by atoms with Crippen molar-refractivity contribution in [1.82, 2.24) is 0 Å². The third kappa shape index (κ3) is 3.15. The first-order valence-electron chi connectivity index (χ1n) is 9.10. The molecule has 4 rings (SSSR count). The van der Waals surface area contributed by atoms with Gasteiger partial charge in [0.25, 0.3) is 0 Å². The van der Waals surface area contributed by atoms with Crippen LogP contribution in [0.2, 0.25) is 0 Å². The Morgan fingerprint density at radius 1 is 0.692 bits per heavy atom. The minimum atomic E-state index is -2.12. The molecule has 0 saturated carbocycles. The van der Waals surface area contributed by atoms with E-state index in [1.54, 1.807) is 0 Å². The summed E-state index contributed by atoms with van der Waals surface area (Å²) in [7, 11) is -2.12. The van der Waals surface area contributed by atoms with Crippen molar-refractivity contribution in [3.8, 4) is 11.5 Å². The van der Waals surface area contributed by atoms with Crippen LogP contribution in [0.1, 0.15) is 33.4 Å². The lowest BCUT2D eigenvalue weighted by atomic mass is 9.96. The van der Waals surface area contributed by atoms with Gasteiger partial charge in [0.15, 0.2) is 0 Å². The van der Waals surface area contributed by atoms with Gasteiger partial charge < -0.3 is 8.85 Å². The van der Waals surface area contributed by atoms with Crippen LogP contribution >= 0.6 is 0 Å². The molecule has 0 fully saturated rings. The minimum absolute atomic E-state index is 0.839. The molecule has 0 unspecified atom stereocenters. The summed E-state index contributed by atoms with van der Waals surface area (Å²) in [5, 5.41) is 1.16. The van der Waals surface area contributed by atoms with Gasteiger partial charge in [0.05, 0.1) is 0 Å². The molecule has 1 heterocycles. The highest BCUT2D eigenvalue weighted by atomic mass is 28.3. The molecule has 1 aliphatic rings. The Hall–Kier alpha value is -2.52. The van der Waals surface area contributed by atoms with Crippen LogP contribution in [0.3, 0.4) is 0 Å². The molecule has 0 aliphatic carbocycles. The van der Waals surface area contributed by atoms with E-state index >= 15 is 0 Å². The summed E-state index contributed by atoms with van der Waals surface area (Å²) >= 11 is 0. The standard InChI is InChI=1S/C23H24O2Si/c1-15-10-17(3)22-19(12-15)14-20-13-16(2)11-18(4)23(20)25-26(24-22)21-8-6-5-7-9-21/h5-13,26H,14H2,1-4H3. The average Bonchev–Trinajstić information content (AvgIpc) is 2.58. The maximum Gasteiger partial charge on any atom is 0.479 e. The van der Waals surface area contributed by atoms with Gasteiger partial charge in [-0.15, -0.1) is 0 Å². The molecule has 0 spiro atoms. The molecule has 132 valence electrons. The molecular weight excluding hydrogens is 336 g/mol. The second-order valence-corrected chi connectivity index (χ2v) is 9.10. The zero-order valence-corrected chi connectivity index (χ0v) is 17.0. The van der Waals surface area contributed by atoms with Gasteiger partial charge in [-0.05, 0) is 49.9 Å². The summed E-state index contributed by atoms with van der Waals surface area (Å²) in [6, 6.07) is 19.3. The quantitative estimate of drug-likeness (QED) is 0.599. The molecule has 0 N–H and O–H groups in total. The summed E-state index contributed by atoms with van der Waals surface area (Å²) < 4.78 is 13.1. The molecule has 3 aromatic rings. The maximum absolute atomic E-state index is 6.57. The lowest BCUT2D eigenvalue weighted by molar-refractivity contribution is 0.424. The largest absolute Gasteiger partial charge is 0.510 e. The monoisotopic (exact) mass is 360 g/mol. The first-order valence-corrected chi connectivity index (χ1v) is 10.6. The van der Waals surface area contributed by atoms with Crippen LogP contribution in [0, 0.1) is 27.7 Å². The van der Waals surface area contributed by atoms with Crippen LogP contribution in [0.5, 0.6) is 11.5 Å². The van der Waals surface area contributed by atoms with Crippen molar-refractivity contribution in [2.24, 2.45) is 0 Å². The van der Waals surface area contributed by atoms with Gasteiger partial charge in [-0.1, -0.05) is 65.7 Å². The fraction of sp³-hybridized carbons (Fsp3) is 0.217. The van der Waals surface area contributed by atoms with Crippen LogP contribution in [0.25, 0.3) is 0 Å². The van der Waals surface area contributed by atoms with Crippen molar-refractivity contribution in [1.29, 1.82) is 0 Å². The summed E-state index contributed by atoms with van der Waals surface area (Å²) in [5.41, 5.74) is 7.43. The average molecular weight is 361 g/mol. The summed E-state index contributed by atoms with van der Waals surface area (Å²) in [5.74, 6) is 2.00. The van der Waals surface area contributed by atoms with Crippen LogP contribution in [-0.2, 0) is 6.42 Å². The Balaban J connectivity index is 1.92. The molecule has 26 heavy (non-hydrogen) atoms. The molecule has 0 aromatic heterocycles. The van der Waals surface area contributed by atoms with Gasteiger partial charge in [0.2, 0.25) is 0 Å². The van der Waals surface area contributed by atoms with Gasteiger partial charge >= 0.3 is 9.28 Å². The Labute approximate surface area is 157 Å². The van der Waals surface area contributed by atoms with E-state index in [0.717, 1.165) is 23.1 Å². The lowest BCUT2D eigenvalue weighted by Crippen LogP contribution is -2.44. The molecule has 3 aromatic carbocycles. The topological polar surface area (TPSA) is 18.5 Å². The number of fused-ring (bicyclic) bond motifs is 2. The second kappa shape index (κ2) is 6.65. The highest BCUT2D eigenvalue weighted by Gasteiger charge is 2.27. The first kappa shape index (κ1) is 16.9. The Morgan fingerprint density at radius 3 is 1.69 bits per heavy atom. The van der Waals surface area contributed by atoms with E-state index in [1.165, 1.54) is 33.4 Å². The van der Waals surface area contributed by atoms with E-state index in [0.29, 0.717) is 0 Å². The fourth-order valence-corrected chi connectivity index (χ4v) is 5.83. The molecule has 1 aliphatic heterocycles. The summed E-state index contributed by atoms with van der Waals surface area (Å²) in [6.45, 7) is 8.56. The molecule has 0 bridgehead atoms. The van der Waals surface area contributed by atoms with E-state index in [-0.39, 0.29) is 0 Å². The SMILES string of the molecule is Cc1cc(C)c2c(c1)Cc1cc(C)cc(C)c1O[SiH](c1ccccc1)O2. The molecule has 2 nitrogen and oxygen atoms in total.